The van der Waals surface area contributed by atoms with E-state index in [1.165, 1.54) is 23.4 Å². The number of esters is 1. The van der Waals surface area contributed by atoms with Crippen LogP contribution in [0, 0.1) is 0 Å². The van der Waals surface area contributed by atoms with E-state index >= 15 is 0 Å². The first-order chi connectivity index (χ1) is 12.9. The van der Waals surface area contributed by atoms with Crippen molar-refractivity contribution in [1.29, 1.82) is 0 Å². The molecule has 8 nitrogen and oxygen atoms in total. The van der Waals surface area contributed by atoms with E-state index < -0.39 is 29.6 Å². The SMILES string of the molecule is CCCn1c(N)c(C(=O)COC(=O)CSc2ccccc2)c(=O)n(C)c1=O. The number of anilines is 1. The summed E-state index contributed by atoms with van der Waals surface area (Å²) in [7, 11) is 1.27. The lowest BCUT2D eigenvalue weighted by atomic mass is 10.2. The number of nitrogens with two attached hydrogens (primary N) is 1. The molecule has 0 saturated heterocycles. The van der Waals surface area contributed by atoms with Crippen LogP contribution >= 0.6 is 11.8 Å². The molecule has 1 aromatic heterocycles. The summed E-state index contributed by atoms with van der Waals surface area (Å²) in [4.78, 5) is 49.5. The predicted molar refractivity (Wildman–Crippen MR) is 103 cm³/mol. The smallest absolute Gasteiger partial charge is 0.332 e. The molecule has 0 atom stereocenters. The van der Waals surface area contributed by atoms with Crippen LogP contribution in [-0.2, 0) is 23.1 Å². The molecule has 9 heteroatoms. The van der Waals surface area contributed by atoms with Gasteiger partial charge in [-0.15, -0.1) is 11.8 Å². The van der Waals surface area contributed by atoms with Gasteiger partial charge in [-0.05, 0) is 18.6 Å². The largest absolute Gasteiger partial charge is 0.457 e. The Morgan fingerprint density at radius 2 is 1.85 bits per heavy atom. The number of hydrogen-bond donors (Lipinski definition) is 1. The van der Waals surface area contributed by atoms with Gasteiger partial charge >= 0.3 is 11.7 Å². The van der Waals surface area contributed by atoms with Gasteiger partial charge in [0.15, 0.2) is 6.61 Å². The van der Waals surface area contributed by atoms with Crippen LogP contribution in [0.3, 0.4) is 0 Å². The normalized spacial score (nSPS) is 10.6. The summed E-state index contributed by atoms with van der Waals surface area (Å²) in [5, 5.41) is 0. The zero-order chi connectivity index (χ0) is 20.0. The van der Waals surface area contributed by atoms with E-state index in [2.05, 4.69) is 0 Å². The Hall–Kier alpha value is -2.81. The lowest BCUT2D eigenvalue weighted by molar-refractivity contribution is -0.139. The van der Waals surface area contributed by atoms with Crippen LogP contribution in [0.1, 0.15) is 23.7 Å². The van der Waals surface area contributed by atoms with E-state index in [0.717, 1.165) is 9.46 Å². The first-order valence-corrected chi connectivity index (χ1v) is 9.31. The highest BCUT2D eigenvalue weighted by Gasteiger charge is 2.22. The Balaban J connectivity index is 2.08. The first kappa shape index (κ1) is 20.5. The van der Waals surface area contributed by atoms with Crippen molar-refractivity contribution in [2.24, 2.45) is 7.05 Å². The van der Waals surface area contributed by atoms with Crippen LogP contribution in [0.25, 0.3) is 0 Å². The molecule has 0 bridgehead atoms. The molecule has 2 rings (SSSR count). The molecule has 1 heterocycles. The molecule has 0 unspecified atom stereocenters. The average Bonchev–Trinajstić information content (AvgIpc) is 2.67. The third kappa shape index (κ3) is 4.88. The maximum atomic E-state index is 12.4. The predicted octanol–water partition coefficient (Wildman–Crippen LogP) is 1.06. The number of Topliss-reactive ketones (excluding diaryl/α,β-unsaturated/α-hetero) is 1. The molecule has 144 valence electrons. The Morgan fingerprint density at radius 3 is 2.48 bits per heavy atom. The number of carbonyl (C=O) groups excluding carboxylic acids is 2. The minimum atomic E-state index is -0.801. The van der Waals surface area contributed by atoms with E-state index in [1.807, 2.05) is 37.3 Å². The summed E-state index contributed by atoms with van der Waals surface area (Å²) in [5.74, 6) is -1.50. The lowest BCUT2D eigenvalue weighted by Crippen LogP contribution is -2.43. The highest BCUT2D eigenvalue weighted by Crippen LogP contribution is 2.17. The molecule has 0 aliphatic rings. The highest BCUT2D eigenvalue weighted by atomic mass is 32.2. The number of carbonyl (C=O) groups is 2. The van der Waals surface area contributed by atoms with Gasteiger partial charge in [0.05, 0.1) is 5.75 Å². The van der Waals surface area contributed by atoms with E-state index in [0.29, 0.717) is 6.42 Å². The summed E-state index contributed by atoms with van der Waals surface area (Å²) in [6.07, 6.45) is 0.599. The van der Waals surface area contributed by atoms with Crippen LogP contribution in [0.2, 0.25) is 0 Å². The molecule has 0 spiro atoms. The third-order valence-electron chi connectivity index (χ3n) is 3.77. The second kappa shape index (κ2) is 9.22. The summed E-state index contributed by atoms with van der Waals surface area (Å²) < 4.78 is 6.95. The second-order valence-electron chi connectivity index (χ2n) is 5.74. The van der Waals surface area contributed by atoms with Gasteiger partial charge in [-0.1, -0.05) is 25.1 Å². The number of nitrogens with zero attached hydrogens (tertiary/aromatic N) is 2. The molecule has 27 heavy (non-hydrogen) atoms. The molecule has 0 radical (unpaired) electrons. The Kier molecular flexibility index (Phi) is 7.00. The van der Waals surface area contributed by atoms with Gasteiger partial charge in [0.1, 0.15) is 11.4 Å². The summed E-state index contributed by atoms with van der Waals surface area (Å²) in [5.41, 5.74) is 4.14. The van der Waals surface area contributed by atoms with Gasteiger partial charge < -0.3 is 10.5 Å². The number of nitrogen functional groups attached to an aromatic ring is 1. The third-order valence-corrected chi connectivity index (χ3v) is 4.76. The second-order valence-corrected chi connectivity index (χ2v) is 6.79. The minimum absolute atomic E-state index is 0.0279. The van der Waals surface area contributed by atoms with Gasteiger partial charge in [-0.2, -0.15) is 0 Å². The molecular formula is C18H21N3O5S. The zero-order valence-corrected chi connectivity index (χ0v) is 16.0. The van der Waals surface area contributed by atoms with Crippen LogP contribution < -0.4 is 17.0 Å². The maximum Gasteiger partial charge on any atom is 0.332 e. The topological polar surface area (TPSA) is 113 Å². The van der Waals surface area contributed by atoms with Crippen molar-refractivity contribution < 1.29 is 14.3 Å². The number of benzene rings is 1. The number of hydrogen-bond acceptors (Lipinski definition) is 7. The highest BCUT2D eigenvalue weighted by molar-refractivity contribution is 8.00. The Labute approximate surface area is 159 Å². The van der Waals surface area contributed by atoms with Gasteiger partial charge in [-0.25, -0.2) is 4.79 Å². The average molecular weight is 391 g/mol. The van der Waals surface area contributed by atoms with Crippen molar-refractivity contribution in [3.63, 3.8) is 0 Å². The summed E-state index contributed by atoms with van der Waals surface area (Å²) in [6.45, 7) is 1.50. The van der Waals surface area contributed by atoms with Crippen molar-refractivity contribution in [2.75, 3.05) is 18.1 Å². The molecule has 0 fully saturated rings. The number of rotatable bonds is 8. The molecule has 0 amide bonds. The van der Waals surface area contributed by atoms with Gasteiger partial charge in [-0.3, -0.25) is 23.5 Å². The van der Waals surface area contributed by atoms with Crippen molar-refractivity contribution in [2.45, 2.75) is 24.8 Å². The zero-order valence-electron chi connectivity index (χ0n) is 15.1. The van der Waals surface area contributed by atoms with Gasteiger partial charge in [0.25, 0.3) is 5.56 Å². The Bertz CT molecular complexity index is 950. The van der Waals surface area contributed by atoms with Crippen molar-refractivity contribution in [1.82, 2.24) is 9.13 Å². The van der Waals surface area contributed by atoms with Gasteiger partial charge in [0.2, 0.25) is 5.78 Å². The van der Waals surface area contributed by atoms with Crippen LogP contribution in [0.15, 0.2) is 44.8 Å². The van der Waals surface area contributed by atoms with Crippen LogP contribution in [0.4, 0.5) is 5.82 Å². The van der Waals surface area contributed by atoms with Gasteiger partial charge in [0, 0.05) is 18.5 Å². The van der Waals surface area contributed by atoms with E-state index in [9.17, 15) is 19.2 Å². The molecular weight excluding hydrogens is 370 g/mol. The fourth-order valence-electron chi connectivity index (χ4n) is 2.40. The molecule has 1 aromatic carbocycles. The maximum absolute atomic E-state index is 12.4. The molecule has 2 aromatic rings. The number of aromatic nitrogens is 2. The van der Waals surface area contributed by atoms with Crippen LogP contribution in [0.5, 0.6) is 0 Å². The first-order valence-electron chi connectivity index (χ1n) is 8.32. The Morgan fingerprint density at radius 1 is 1.19 bits per heavy atom. The summed E-state index contributed by atoms with van der Waals surface area (Å²) in [6, 6.07) is 9.26. The standard InChI is InChI=1S/C18H21N3O5S/c1-3-9-21-16(19)15(17(24)20(2)18(21)25)13(22)10-26-14(23)11-27-12-7-5-4-6-8-12/h4-8H,3,9-11,19H2,1-2H3. The van der Waals surface area contributed by atoms with Crippen LogP contribution in [-0.4, -0.2) is 33.2 Å². The number of ketones is 1. The lowest BCUT2D eigenvalue weighted by Gasteiger charge is -2.13. The number of ether oxygens (including phenoxy) is 1. The van der Waals surface area contributed by atoms with E-state index in [4.69, 9.17) is 10.5 Å². The number of thioether (sulfide) groups is 1. The monoisotopic (exact) mass is 391 g/mol. The molecule has 0 saturated carbocycles. The minimum Gasteiger partial charge on any atom is -0.457 e. The fraction of sp³-hybridized carbons (Fsp3) is 0.333. The van der Waals surface area contributed by atoms with E-state index in [1.54, 1.807) is 0 Å². The van der Waals surface area contributed by atoms with Crippen molar-refractivity contribution in [3.05, 3.63) is 56.7 Å². The van der Waals surface area contributed by atoms with E-state index in [-0.39, 0.29) is 23.7 Å². The fourth-order valence-corrected chi connectivity index (χ4v) is 3.12. The molecule has 0 aliphatic carbocycles. The van der Waals surface area contributed by atoms with Crippen molar-refractivity contribution >= 4 is 29.3 Å². The quantitative estimate of drug-likeness (QED) is 0.406. The van der Waals surface area contributed by atoms with Crippen molar-refractivity contribution in [3.8, 4) is 0 Å². The summed E-state index contributed by atoms with van der Waals surface area (Å²) >= 11 is 1.27. The molecule has 2 N–H and O–H groups in total. The molecule has 0 aliphatic heterocycles.